The zero-order valence-electron chi connectivity index (χ0n) is 18.1. The van der Waals surface area contributed by atoms with Crippen LogP contribution in [-0.4, -0.2) is 103 Å². The summed E-state index contributed by atoms with van der Waals surface area (Å²) in [5.74, 6) is -0.999. The van der Waals surface area contributed by atoms with Crippen LogP contribution in [0, 0.1) is 0 Å². The number of hydrogen-bond acceptors (Lipinski definition) is 11. The van der Waals surface area contributed by atoms with E-state index in [0.717, 1.165) is 0 Å². The van der Waals surface area contributed by atoms with Gasteiger partial charge in [-0.2, -0.15) is 0 Å². The van der Waals surface area contributed by atoms with Crippen LogP contribution >= 0.6 is 0 Å². The van der Waals surface area contributed by atoms with Crippen molar-refractivity contribution < 1.29 is 52.6 Å². The number of hydrogen-bond donors (Lipinski definition) is 1. The van der Waals surface area contributed by atoms with E-state index in [0.29, 0.717) is 46.2 Å². The molecule has 0 amide bonds. The van der Waals surface area contributed by atoms with E-state index < -0.39 is 0 Å². The molecule has 0 aliphatic heterocycles. The molecular formula is C18H36O11. The van der Waals surface area contributed by atoms with E-state index in [1.807, 2.05) is 0 Å². The molecule has 0 saturated heterocycles. The summed E-state index contributed by atoms with van der Waals surface area (Å²) in [5, 5.41) is 8.32. The molecule has 11 heteroatoms. The Morgan fingerprint density at radius 1 is 0.552 bits per heavy atom. The van der Waals surface area contributed by atoms with Crippen molar-refractivity contribution in [2.75, 3.05) is 80.3 Å². The molecule has 0 fully saturated rings. The second-order valence-corrected chi connectivity index (χ2v) is 4.95. The van der Waals surface area contributed by atoms with E-state index in [9.17, 15) is 14.4 Å². The molecule has 0 aliphatic carbocycles. The molecule has 0 unspecified atom stereocenters. The van der Waals surface area contributed by atoms with Crippen molar-refractivity contribution in [2.24, 2.45) is 0 Å². The minimum Gasteiger partial charge on any atom is -0.463 e. The quantitative estimate of drug-likeness (QED) is 0.227. The molecule has 0 aromatic carbocycles. The molecule has 0 heterocycles. The first-order valence-corrected chi connectivity index (χ1v) is 8.96. The van der Waals surface area contributed by atoms with Gasteiger partial charge in [-0.05, 0) is 0 Å². The van der Waals surface area contributed by atoms with Crippen molar-refractivity contribution in [3.05, 3.63) is 0 Å². The highest BCUT2D eigenvalue weighted by Crippen LogP contribution is 1.80. The number of carbonyl (C=O) groups excluding carboxylic acids is 3. The third-order valence-electron chi connectivity index (χ3n) is 2.33. The molecule has 0 bridgehead atoms. The molecule has 1 N–H and O–H groups in total. The standard InChI is InChI=1S/C7H16O4.C6H10O4.C5H10O3/c1-9-4-5-11-7-6-10-3-2-8;1-5(7)9-3-4-10-6(2)8;1-5(6)8-4-3-7-2/h8H,2-7H2,1H3;3-4H2,1-2H3;3-4H2,1-2H3. The average molecular weight is 428 g/mol. The highest BCUT2D eigenvalue weighted by atomic mass is 16.6. The molecule has 0 rings (SSSR count). The van der Waals surface area contributed by atoms with Crippen molar-refractivity contribution in [1.29, 1.82) is 0 Å². The van der Waals surface area contributed by atoms with E-state index in [1.54, 1.807) is 14.2 Å². The molecule has 0 saturated carbocycles. The van der Waals surface area contributed by atoms with Crippen molar-refractivity contribution in [3.63, 3.8) is 0 Å². The topological polar surface area (TPSA) is 136 Å². The van der Waals surface area contributed by atoms with Gasteiger partial charge in [0, 0.05) is 35.0 Å². The van der Waals surface area contributed by atoms with E-state index in [1.165, 1.54) is 20.8 Å². The average Bonchev–Trinajstić information content (AvgIpc) is 2.65. The number of ether oxygens (including phenoxy) is 7. The lowest BCUT2D eigenvalue weighted by Gasteiger charge is -2.03. The maximum absolute atomic E-state index is 10.1. The van der Waals surface area contributed by atoms with Crippen LogP contribution in [0.5, 0.6) is 0 Å². The van der Waals surface area contributed by atoms with Gasteiger partial charge in [0.25, 0.3) is 0 Å². The highest BCUT2D eigenvalue weighted by Gasteiger charge is 1.94. The summed E-state index contributed by atoms with van der Waals surface area (Å²) in [5.41, 5.74) is 0. The van der Waals surface area contributed by atoms with Crippen LogP contribution in [0.4, 0.5) is 0 Å². The lowest BCUT2D eigenvalue weighted by molar-refractivity contribution is -0.149. The van der Waals surface area contributed by atoms with Crippen molar-refractivity contribution in [3.8, 4) is 0 Å². The van der Waals surface area contributed by atoms with E-state index >= 15 is 0 Å². The second-order valence-electron chi connectivity index (χ2n) is 4.95. The zero-order chi connectivity index (χ0) is 22.8. The molecule has 0 atom stereocenters. The number of rotatable bonds is 14. The van der Waals surface area contributed by atoms with E-state index in [-0.39, 0.29) is 37.7 Å². The molecule has 174 valence electrons. The van der Waals surface area contributed by atoms with Gasteiger partial charge in [0.2, 0.25) is 0 Å². The first-order valence-electron chi connectivity index (χ1n) is 8.96. The van der Waals surface area contributed by atoms with Gasteiger partial charge in [-0.1, -0.05) is 0 Å². The lowest BCUT2D eigenvalue weighted by Crippen LogP contribution is -2.09. The fourth-order valence-electron chi connectivity index (χ4n) is 1.17. The smallest absolute Gasteiger partial charge is 0.302 e. The van der Waals surface area contributed by atoms with Gasteiger partial charge in [-0.3, -0.25) is 14.4 Å². The summed E-state index contributed by atoms with van der Waals surface area (Å²) in [6.07, 6.45) is 0. The summed E-state index contributed by atoms with van der Waals surface area (Å²) in [4.78, 5) is 30.3. The third-order valence-corrected chi connectivity index (χ3v) is 2.33. The van der Waals surface area contributed by atoms with Gasteiger partial charge < -0.3 is 38.3 Å². The Balaban J connectivity index is -0.000000354. The molecule has 0 aromatic heterocycles. The van der Waals surface area contributed by atoms with Crippen LogP contribution in [0.25, 0.3) is 0 Å². The summed E-state index contributed by atoms with van der Waals surface area (Å²) < 4.78 is 32.9. The van der Waals surface area contributed by atoms with Crippen LogP contribution in [0.15, 0.2) is 0 Å². The maximum atomic E-state index is 10.1. The number of methoxy groups -OCH3 is 2. The van der Waals surface area contributed by atoms with E-state index in [2.05, 4.69) is 18.9 Å². The number of aliphatic hydroxyl groups excluding tert-OH is 1. The highest BCUT2D eigenvalue weighted by molar-refractivity contribution is 5.66. The fourth-order valence-corrected chi connectivity index (χ4v) is 1.17. The van der Waals surface area contributed by atoms with Gasteiger partial charge >= 0.3 is 17.9 Å². The van der Waals surface area contributed by atoms with Crippen LogP contribution in [-0.2, 0) is 47.5 Å². The van der Waals surface area contributed by atoms with Crippen molar-refractivity contribution in [2.45, 2.75) is 20.8 Å². The van der Waals surface area contributed by atoms with Gasteiger partial charge in [-0.25, -0.2) is 0 Å². The minimum absolute atomic E-state index is 0.0675. The Morgan fingerprint density at radius 3 is 1.21 bits per heavy atom. The Morgan fingerprint density at radius 2 is 0.862 bits per heavy atom. The molecule has 0 aliphatic rings. The summed E-state index contributed by atoms with van der Waals surface area (Å²) in [7, 11) is 3.19. The Labute approximate surface area is 172 Å². The fraction of sp³-hybridized carbons (Fsp3) is 0.833. The Bertz CT molecular complexity index is 351. The lowest BCUT2D eigenvalue weighted by atomic mass is 10.7. The molecule has 0 aromatic rings. The maximum Gasteiger partial charge on any atom is 0.302 e. The van der Waals surface area contributed by atoms with Gasteiger partial charge in [0.05, 0.1) is 46.2 Å². The first-order chi connectivity index (χ1) is 13.8. The number of esters is 3. The zero-order valence-corrected chi connectivity index (χ0v) is 18.1. The van der Waals surface area contributed by atoms with Crippen molar-refractivity contribution in [1.82, 2.24) is 0 Å². The predicted octanol–water partition coefficient (Wildman–Crippen LogP) is -0.0332. The van der Waals surface area contributed by atoms with Gasteiger partial charge in [0.15, 0.2) is 0 Å². The third kappa shape index (κ3) is 46.3. The van der Waals surface area contributed by atoms with Gasteiger partial charge in [0.1, 0.15) is 19.8 Å². The summed E-state index contributed by atoms with van der Waals surface area (Å²) in [6, 6.07) is 0. The van der Waals surface area contributed by atoms with Crippen molar-refractivity contribution >= 4 is 17.9 Å². The van der Waals surface area contributed by atoms with Crippen LogP contribution in [0.3, 0.4) is 0 Å². The molecule has 0 spiro atoms. The predicted molar refractivity (Wildman–Crippen MR) is 102 cm³/mol. The number of aliphatic hydroxyl groups is 1. The summed E-state index contributed by atoms with van der Waals surface area (Å²) in [6.45, 7) is 7.81. The molecule has 0 radical (unpaired) electrons. The first kappa shape index (κ1) is 31.9. The minimum atomic E-state index is -0.368. The second kappa shape index (κ2) is 28.4. The summed E-state index contributed by atoms with van der Waals surface area (Å²) >= 11 is 0. The van der Waals surface area contributed by atoms with Crippen LogP contribution in [0.1, 0.15) is 20.8 Å². The van der Waals surface area contributed by atoms with Crippen LogP contribution < -0.4 is 0 Å². The monoisotopic (exact) mass is 428 g/mol. The molecule has 11 nitrogen and oxygen atoms in total. The Hall–Kier alpha value is -1.79. The SMILES string of the molecule is CC(=O)OCCOC(C)=O.COCCOC(C)=O.COCCOCCOCCO. The molecular weight excluding hydrogens is 392 g/mol. The number of carbonyl (C=O) groups is 3. The Kier molecular flexibility index (Phi) is 31.3. The molecule has 29 heavy (non-hydrogen) atoms. The van der Waals surface area contributed by atoms with Crippen LogP contribution in [0.2, 0.25) is 0 Å². The largest absolute Gasteiger partial charge is 0.463 e. The van der Waals surface area contributed by atoms with E-state index in [4.69, 9.17) is 19.3 Å². The normalized spacial score (nSPS) is 9.31. The van der Waals surface area contributed by atoms with Gasteiger partial charge in [-0.15, -0.1) is 0 Å².